The van der Waals surface area contributed by atoms with Crippen molar-refractivity contribution in [2.45, 2.75) is 32.2 Å². The SMILES string of the molecule is C[C@@H](NC(=O)N1CCCN(C(=O)C2CC2)CC1)c1ccccc1. The highest BCUT2D eigenvalue weighted by Crippen LogP contribution is 2.31. The number of rotatable bonds is 3. The number of benzene rings is 1. The fraction of sp³-hybridized carbons (Fsp3) is 0.556. The summed E-state index contributed by atoms with van der Waals surface area (Å²) in [7, 11) is 0. The molecule has 1 N–H and O–H groups in total. The number of carbonyl (C=O) groups excluding carboxylic acids is 2. The van der Waals surface area contributed by atoms with Crippen molar-refractivity contribution in [2.24, 2.45) is 5.92 Å². The molecule has 5 heteroatoms. The molecule has 3 amide bonds. The Morgan fingerprint density at radius 1 is 1.04 bits per heavy atom. The van der Waals surface area contributed by atoms with Gasteiger partial charge in [0.1, 0.15) is 0 Å². The van der Waals surface area contributed by atoms with Crippen LogP contribution in [-0.2, 0) is 4.79 Å². The van der Waals surface area contributed by atoms with Crippen molar-refractivity contribution in [3.05, 3.63) is 35.9 Å². The summed E-state index contributed by atoms with van der Waals surface area (Å²) in [4.78, 5) is 28.4. The van der Waals surface area contributed by atoms with Crippen molar-refractivity contribution in [1.29, 1.82) is 0 Å². The van der Waals surface area contributed by atoms with E-state index in [4.69, 9.17) is 0 Å². The van der Waals surface area contributed by atoms with E-state index < -0.39 is 0 Å². The van der Waals surface area contributed by atoms with Gasteiger partial charge in [-0.3, -0.25) is 4.79 Å². The minimum Gasteiger partial charge on any atom is -0.341 e. The number of urea groups is 1. The third kappa shape index (κ3) is 4.03. The first-order valence-corrected chi connectivity index (χ1v) is 8.54. The summed E-state index contributed by atoms with van der Waals surface area (Å²) in [5, 5.41) is 3.06. The van der Waals surface area contributed by atoms with Gasteiger partial charge in [0.15, 0.2) is 0 Å². The van der Waals surface area contributed by atoms with E-state index in [1.165, 1.54) is 0 Å². The molecule has 1 aliphatic carbocycles. The molecule has 0 bridgehead atoms. The van der Waals surface area contributed by atoms with E-state index in [2.05, 4.69) is 5.32 Å². The van der Waals surface area contributed by atoms with Gasteiger partial charge >= 0.3 is 6.03 Å². The summed E-state index contributed by atoms with van der Waals surface area (Å²) in [6.45, 7) is 4.75. The first-order valence-electron chi connectivity index (χ1n) is 8.54. The molecule has 0 unspecified atom stereocenters. The van der Waals surface area contributed by atoms with Gasteiger partial charge in [-0.15, -0.1) is 0 Å². The van der Waals surface area contributed by atoms with Crippen LogP contribution in [-0.4, -0.2) is 47.9 Å². The van der Waals surface area contributed by atoms with Crippen molar-refractivity contribution < 1.29 is 9.59 Å². The molecular weight excluding hydrogens is 290 g/mol. The summed E-state index contributed by atoms with van der Waals surface area (Å²) in [5.41, 5.74) is 1.10. The predicted octanol–water partition coefficient (Wildman–Crippen LogP) is 2.40. The van der Waals surface area contributed by atoms with Gasteiger partial charge in [0.2, 0.25) is 5.91 Å². The van der Waals surface area contributed by atoms with Crippen LogP contribution in [0.3, 0.4) is 0 Å². The summed E-state index contributed by atoms with van der Waals surface area (Å²) in [6.07, 6.45) is 2.92. The van der Waals surface area contributed by atoms with Crippen molar-refractivity contribution in [3.63, 3.8) is 0 Å². The molecule has 1 aromatic carbocycles. The second kappa shape index (κ2) is 7.02. The van der Waals surface area contributed by atoms with Gasteiger partial charge in [0.05, 0.1) is 6.04 Å². The third-order valence-electron chi connectivity index (χ3n) is 4.66. The molecule has 0 aromatic heterocycles. The lowest BCUT2D eigenvalue weighted by Gasteiger charge is -2.24. The second-order valence-corrected chi connectivity index (χ2v) is 6.52. The lowest BCUT2D eigenvalue weighted by molar-refractivity contribution is -0.132. The number of carbonyl (C=O) groups is 2. The van der Waals surface area contributed by atoms with Crippen LogP contribution in [0, 0.1) is 5.92 Å². The molecule has 1 heterocycles. The maximum atomic E-state index is 12.5. The fourth-order valence-electron chi connectivity index (χ4n) is 3.03. The molecule has 3 rings (SSSR count). The number of nitrogens with zero attached hydrogens (tertiary/aromatic N) is 2. The first-order chi connectivity index (χ1) is 11.1. The average Bonchev–Trinajstić information content (AvgIpc) is 3.41. The first kappa shape index (κ1) is 15.8. The van der Waals surface area contributed by atoms with Crippen LogP contribution >= 0.6 is 0 Å². The van der Waals surface area contributed by atoms with Crippen LogP contribution in [0.4, 0.5) is 4.79 Å². The molecule has 2 aliphatic rings. The van der Waals surface area contributed by atoms with E-state index in [1.807, 2.05) is 47.1 Å². The molecule has 1 saturated carbocycles. The number of nitrogens with one attached hydrogen (secondary N) is 1. The third-order valence-corrected chi connectivity index (χ3v) is 4.66. The Morgan fingerprint density at radius 2 is 1.70 bits per heavy atom. The monoisotopic (exact) mass is 315 g/mol. The maximum Gasteiger partial charge on any atom is 0.317 e. The molecule has 0 spiro atoms. The topological polar surface area (TPSA) is 52.7 Å². The van der Waals surface area contributed by atoms with Crippen LogP contribution in [0.25, 0.3) is 0 Å². The zero-order chi connectivity index (χ0) is 16.2. The summed E-state index contributed by atoms with van der Waals surface area (Å²) in [6, 6.07) is 9.90. The Hall–Kier alpha value is -2.04. The van der Waals surface area contributed by atoms with E-state index in [0.29, 0.717) is 19.6 Å². The zero-order valence-corrected chi connectivity index (χ0v) is 13.7. The van der Waals surface area contributed by atoms with Crippen LogP contribution in [0.2, 0.25) is 0 Å². The smallest absolute Gasteiger partial charge is 0.317 e. The quantitative estimate of drug-likeness (QED) is 0.931. The Bertz CT molecular complexity index is 557. The van der Waals surface area contributed by atoms with Gasteiger partial charge in [-0.1, -0.05) is 30.3 Å². The fourth-order valence-corrected chi connectivity index (χ4v) is 3.03. The number of hydrogen-bond acceptors (Lipinski definition) is 2. The van der Waals surface area contributed by atoms with E-state index in [-0.39, 0.29) is 23.9 Å². The van der Waals surface area contributed by atoms with Crippen LogP contribution in [0.15, 0.2) is 30.3 Å². The van der Waals surface area contributed by atoms with Gasteiger partial charge in [-0.05, 0) is 31.7 Å². The minimum absolute atomic E-state index is 0.0175. The molecule has 2 fully saturated rings. The maximum absolute atomic E-state index is 12.5. The highest BCUT2D eigenvalue weighted by atomic mass is 16.2. The largest absolute Gasteiger partial charge is 0.341 e. The van der Waals surface area contributed by atoms with Crippen molar-refractivity contribution in [2.75, 3.05) is 26.2 Å². The average molecular weight is 315 g/mol. The van der Waals surface area contributed by atoms with Gasteiger partial charge in [-0.2, -0.15) is 0 Å². The van der Waals surface area contributed by atoms with E-state index in [1.54, 1.807) is 0 Å². The van der Waals surface area contributed by atoms with Crippen LogP contribution < -0.4 is 5.32 Å². The van der Waals surface area contributed by atoms with E-state index >= 15 is 0 Å². The molecule has 1 aromatic rings. The summed E-state index contributed by atoms with van der Waals surface area (Å²) in [5.74, 6) is 0.540. The normalized spacial score (nSPS) is 19.9. The minimum atomic E-state index is -0.0397. The highest BCUT2D eigenvalue weighted by molar-refractivity contribution is 5.81. The van der Waals surface area contributed by atoms with Gasteiger partial charge < -0.3 is 15.1 Å². The lowest BCUT2D eigenvalue weighted by Crippen LogP contribution is -2.43. The van der Waals surface area contributed by atoms with Crippen LogP contribution in [0.5, 0.6) is 0 Å². The molecule has 1 saturated heterocycles. The lowest BCUT2D eigenvalue weighted by atomic mass is 10.1. The standard InChI is InChI=1S/C18H25N3O2/c1-14(15-6-3-2-4-7-15)19-18(23)21-11-5-10-20(12-13-21)17(22)16-8-9-16/h2-4,6-7,14,16H,5,8-13H2,1H3,(H,19,23)/t14-/m1/s1. The van der Waals surface area contributed by atoms with Gasteiger partial charge in [-0.25, -0.2) is 4.79 Å². The summed E-state index contributed by atoms with van der Waals surface area (Å²) < 4.78 is 0. The Balaban J connectivity index is 1.52. The predicted molar refractivity (Wildman–Crippen MR) is 88.9 cm³/mol. The zero-order valence-electron chi connectivity index (χ0n) is 13.7. The van der Waals surface area contributed by atoms with E-state index in [9.17, 15) is 9.59 Å². The Morgan fingerprint density at radius 3 is 2.39 bits per heavy atom. The van der Waals surface area contributed by atoms with Gasteiger partial charge in [0, 0.05) is 32.1 Å². The Labute approximate surface area is 137 Å². The molecule has 1 aliphatic heterocycles. The van der Waals surface area contributed by atoms with Crippen molar-refractivity contribution in [3.8, 4) is 0 Å². The molecule has 1 atom stereocenters. The second-order valence-electron chi connectivity index (χ2n) is 6.52. The number of hydrogen-bond donors (Lipinski definition) is 1. The van der Waals surface area contributed by atoms with Crippen molar-refractivity contribution in [1.82, 2.24) is 15.1 Å². The van der Waals surface area contributed by atoms with Crippen LogP contribution in [0.1, 0.15) is 37.8 Å². The highest BCUT2D eigenvalue weighted by Gasteiger charge is 2.34. The molecule has 0 radical (unpaired) electrons. The summed E-state index contributed by atoms with van der Waals surface area (Å²) >= 11 is 0. The molecule has 124 valence electrons. The van der Waals surface area contributed by atoms with Crippen molar-refractivity contribution >= 4 is 11.9 Å². The van der Waals surface area contributed by atoms with Gasteiger partial charge in [0.25, 0.3) is 0 Å². The number of amides is 3. The molecular formula is C18H25N3O2. The Kier molecular flexibility index (Phi) is 4.84. The van der Waals surface area contributed by atoms with E-state index in [0.717, 1.165) is 31.4 Å². The molecule has 5 nitrogen and oxygen atoms in total. The molecule has 23 heavy (non-hydrogen) atoms.